The fourth-order valence-corrected chi connectivity index (χ4v) is 4.28. The van der Waals surface area contributed by atoms with Crippen molar-refractivity contribution in [2.75, 3.05) is 13.7 Å². The van der Waals surface area contributed by atoms with Crippen LogP contribution in [0, 0.1) is 12.7 Å². The number of methoxy groups -OCH3 is 1. The largest absolute Gasteiger partial charge is 0.496 e. The van der Waals surface area contributed by atoms with Crippen molar-refractivity contribution in [3.63, 3.8) is 0 Å². The van der Waals surface area contributed by atoms with Crippen LogP contribution in [0.2, 0.25) is 0 Å². The Morgan fingerprint density at radius 3 is 2.52 bits per heavy atom. The van der Waals surface area contributed by atoms with E-state index in [4.69, 9.17) is 13.7 Å². The number of benzene rings is 3. The first-order valence-electron chi connectivity index (χ1n) is 9.65. The van der Waals surface area contributed by atoms with Gasteiger partial charge in [0, 0.05) is 16.7 Å². The van der Waals surface area contributed by atoms with Crippen molar-refractivity contribution in [2.24, 2.45) is 0 Å². The Hall–Kier alpha value is -3.16. The molecule has 0 spiro atoms. The monoisotopic (exact) mass is 440 g/mol. The van der Waals surface area contributed by atoms with Crippen molar-refractivity contribution in [1.29, 1.82) is 0 Å². The minimum Gasteiger partial charge on any atom is -0.496 e. The molecule has 0 amide bonds. The lowest BCUT2D eigenvalue weighted by atomic mass is 9.98. The van der Waals surface area contributed by atoms with Gasteiger partial charge in [-0.3, -0.25) is 4.18 Å². The molecule has 0 aliphatic carbocycles. The summed E-state index contributed by atoms with van der Waals surface area (Å²) in [6.07, 6.45) is 2.69. The number of ether oxygens (including phenoxy) is 2. The van der Waals surface area contributed by atoms with Gasteiger partial charge < -0.3 is 9.47 Å². The Balaban J connectivity index is 1.59. The summed E-state index contributed by atoms with van der Waals surface area (Å²) in [7, 11) is -2.39. The predicted molar refractivity (Wildman–Crippen MR) is 116 cm³/mol. The Labute approximate surface area is 180 Å². The SMILES string of the molecule is COc1ccccc1-c1cc(F)cc2c1OC(COS(=O)(=O)c1ccc(C)cc1)C=C2. The van der Waals surface area contributed by atoms with E-state index in [1.807, 2.05) is 25.1 Å². The van der Waals surface area contributed by atoms with Crippen LogP contribution < -0.4 is 9.47 Å². The van der Waals surface area contributed by atoms with Crippen LogP contribution in [0.1, 0.15) is 11.1 Å². The molecule has 3 aromatic rings. The minimum absolute atomic E-state index is 0.0788. The van der Waals surface area contributed by atoms with E-state index in [1.54, 1.807) is 30.4 Å². The Morgan fingerprint density at radius 1 is 1.03 bits per heavy atom. The second-order valence-electron chi connectivity index (χ2n) is 7.14. The molecule has 1 unspecified atom stereocenters. The van der Waals surface area contributed by atoms with E-state index < -0.39 is 22.0 Å². The van der Waals surface area contributed by atoms with Crippen LogP contribution in [0.4, 0.5) is 4.39 Å². The fraction of sp³-hybridized carbons (Fsp3) is 0.167. The molecule has 31 heavy (non-hydrogen) atoms. The molecule has 7 heteroatoms. The summed E-state index contributed by atoms with van der Waals surface area (Å²) in [5.74, 6) is 0.600. The number of halogens is 1. The molecule has 3 aromatic carbocycles. The lowest BCUT2D eigenvalue weighted by Crippen LogP contribution is -2.25. The van der Waals surface area contributed by atoms with Crippen molar-refractivity contribution in [2.45, 2.75) is 17.9 Å². The second-order valence-corrected chi connectivity index (χ2v) is 8.75. The Morgan fingerprint density at radius 2 is 1.77 bits per heavy atom. The van der Waals surface area contributed by atoms with E-state index in [0.29, 0.717) is 28.2 Å². The van der Waals surface area contributed by atoms with Gasteiger partial charge in [0.15, 0.2) is 0 Å². The number of hydrogen-bond donors (Lipinski definition) is 0. The van der Waals surface area contributed by atoms with Gasteiger partial charge in [-0.1, -0.05) is 42.0 Å². The summed E-state index contributed by atoms with van der Waals surface area (Å²) in [6, 6.07) is 16.4. The topological polar surface area (TPSA) is 61.8 Å². The van der Waals surface area contributed by atoms with Crippen molar-refractivity contribution >= 4 is 16.2 Å². The van der Waals surface area contributed by atoms with E-state index in [1.165, 1.54) is 31.4 Å². The maximum atomic E-state index is 14.3. The lowest BCUT2D eigenvalue weighted by molar-refractivity contribution is 0.166. The lowest BCUT2D eigenvalue weighted by Gasteiger charge is -2.24. The van der Waals surface area contributed by atoms with Gasteiger partial charge in [-0.05, 0) is 43.3 Å². The van der Waals surface area contributed by atoms with Gasteiger partial charge in [-0.2, -0.15) is 8.42 Å². The average molecular weight is 440 g/mol. The Bertz CT molecular complexity index is 1230. The number of fused-ring (bicyclic) bond motifs is 1. The highest BCUT2D eigenvalue weighted by Gasteiger charge is 2.24. The molecule has 0 saturated heterocycles. The molecule has 0 aromatic heterocycles. The molecule has 0 N–H and O–H groups in total. The van der Waals surface area contributed by atoms with Gasteiger partial charge in [-0.25, -0.2) is 4.39 Å². The maximum absolute atomic E-state index is 14.3. The highest BCUT2D eigenvalue weighted by Crippen LogP contribution is 2.41. The molecule has 1 atom stereocenters. The zero-order valence-corrected chi connectivity index (χ0v) is 17.9. The number of para-hydroxylation sites is 1. The molecule has 0 radical (unpaired) electrons. The van der Waals surface area contributed by atoms with Gasteiger partial charge in [0.2, 0.25) is 0 Å². The van der Waals surface area contributed by atoms with Gasteiger partial charge in [0.25, 0.3) is 10.1 Å². The van der Waals surface area contributed by atoms with Crippen LogP contribution in [0.5, 0.6) is 11.5 Å². The highest BCUT2D eigenvalue weighted by atomic mass is 32.2. The molecular weight excluding hydrogens is 419 g/mol. The first-order valence-corrected chi connectivity index (χ1v) is 11.1. The standard InChI is InChI=1S/C24H21FO5S/c1-16-7-11-20(12-8-16)31(26,27)29-15-19-10-9-17-13-18(25)14-22(24(17)30-19)21-5-3-4-6-23(21)28-2/h3-14,19H,15H2,1-2H3. The van der Waals surface area contributed by atoms with Gasteiger partial charge in [0.1, 0.15) is 30.0 Å². The van der Waals surface area contributed by atoms with Gasteiger partial charge in [0.05, 0.1) is 12.0 Å². The van der Waals surface area contributed by atoms with Gasteiger partial charge >= 0.3 is 0 Å². The highest BCUT2D eigenvalue weighted by molar-refractivity contribution is 7.86. The number of aryl methyl sites for hydroxylation is 1. The van der Waals surface area contributed by atoms with E-state index in [-0.39, 0.29) is 11.5 Å². The van der Waals surface area contributed by atoms with Crippen molar-refractivity contribution in [1.82, 2.24) is 0 Å². The third-order valence-corrected chi connectivity index (χ3v) is 6.23. The molecule has 5 nitrogen and oxygen atoms in total. The minimum atomic E-state index is -3.93. The smallest absolute Gasteiger partial charge is 0.297 e. The number of rotatable bonds is 6. The zero-order chi connectivity index (χ0) is 22.0. The Kier molecular flexibility index (Phi) is 5.80. The van der Waals surface area contributed by atoms with E-state index in [0.717, 1.165) is 5.56 Å². The zero-order valence-electron chi connectivity index (χ0n) is 17.0. The molecule has 0 fully saturated rings. The van der Waals surface area contributed by atoms with Gasteiger partial charge in [-0.15, -0.1) is 0 Å². The summed E-state index contributed by atoms with van der Waals surface area (Å²) < 4.78 is 55.9. The molecule has 1 heterocycles. The fourth-order valence-electron chi connectivity index (χ4n) is 3.36. The van der Waals surface area contributed by atoms with Crippen LogP contribution in [0.15, 0.2) is 71.6 Å². The van der Waals surface area contributed by atoms with Crippen LogP contribution in [0.3, 0.4) is 0 Å². The van der Waals surface area contributed by atoms with E-state index in [2.05, 4.69) is 0 Å². The molecular formula is C24H21FO5S. The first kappa shape index (κ1) is 21.1. The summed E-state index contributed by atoms with van der Waals surface area (Å²) in [5.41, 5.74) is 2.69. The third-order valence-electron chi connectivity index (χ3n) is 4.94. The van der Waals surface area contributed by atoms with Crippen molar-refractivity contribution < 1.29 is 26.5 Å². The third kappa shape index (κ3) is 4.47. The van der Waals surface area contributed by atoms with Crippen LogP contribution in [-0.2, 0) is 14.3 Å². The van der Waals surface area contributed by atoms with Crippen LogP contribution in [-0.4, -0.2) is 28.2 Å². The van der Waals surface area contributed by atoms with Crippen LogP contribution >= 0.6 is 0 Å². The molecule has 4 rings (SSSR count). The normalized spacial score (nSPS) is 15.3. The number of hydrogen-bond acceptors (Lipinski definition) is 5. The summed E-state index contributed by atoms with van der Waals surface area (Å²) in [4.78, 5) is 0.0788. The predicted octanol–water partition coefficient (Wildman–Crippen LogP) is 4.99. The molecule has 1 aliphatic heterocycles. The second kappa shape index (κ2) is 8.53. The summed E-state index contributed by atoms with van der Waals surface area (Å²) in [5, 5.41) is 0. The van der Waals surface area contributed by atoms with E-state index in [9.17, 15) is 12.8 Å². The molecule has 0 saturated carbocycles. The molecule has 0 bridgehead atoms. The van der Waals surface area contributed by atoms with E-state index >= 15 is 0 Å². The first-order chi connectivity index (χ1) is 14.9. The van der Waals surface area contributed by atoms with Crippen molar-refractivity contribution in [3.8, 4) is 22.6 Å². The molecule has 1 aliphatic rings. The van der Waals surface area contributed by atoms with Crippen LogP contribution in [0.25, 0.3) is 17.2 Å². The maximum Gasteiger partial charge on any atom is 0.297 e. The summed E-state index contributed by atoms with van der Waals surface area (Å²) >= 11 is 0. The quantitative estimate of drug-likeness (QED) is 0.506. The molecule has 160 valence electrons. The van der Waals surface area contributed by atoms with Crippen molar-refractivity contribution in [3.05, 3.63) is 83.7 Å². The summed E-state index contributed by atoms with van der Waals surface area (Å²) in [6.45, 7) is 1.66. The average Bonchev–Trinajstić information content (AvgIpc) is 2.77.